The van der Waals surface area contributed by atoms with Crippen LogP contribution in [-0.2, 0) is 4.79 Å². The molecule has 6 heteroatoms. The summed E-state index contributed by atoms with van der Waals surface area (Å²) in [6.45, 7) is 3.94. The summed E-state index contributed by atoms with van der Waals surface area (Å²) in [5.41, 5.74) is 1.44. The minimum absolute atomic E-state index is 0.0813. The van der Waals surface area contributed by atoms with Gasteiger partial charge in [0.25, 0.3) is 11.8 Å². The Hall–Kier alpha value is -2.60. The van der Waals surface area contributed by atoms with Crippen LogP contribution < -0.4 is 10.6 Å². The van der Waals surface area contributed by atoms with E-state index >= 15 is 0 Å². The van der Waals surface area contributed by atoms with Crippen LogP contribution in [0.15, 0.2) is 52.3 Å². The lowest BCUT2D eigenvalue weighted by Gasteiger charge is -2.20. The summed E-state index contributed by atoms with van der Waals surface area (Å²) in [4.78, 5) is 25.8. The highest BCUT2D eigenvalue weighted by Gasteiger charge is 2.22. The second-order valence-electron chi connectivity index (χ2n) is 6.08. The van der Waals surface area contributed by atoms with Gasteiger partial charge < -0.3 is 10.6 Å². The number of halogens is 1. The van der Waals surface area contributed by atoms with E-state index in [4.69, 9.17) is 0 Å². The van der Waals surface area contributed by atoms with Crippen molar-refractivity contribution >= 4 is 35.3 Å². The Labute approximate surface area is 155 Å². The van der Waals surface area contributed by atoms with E-state index in [2.05, 4.69) is 10.6 Å². The Morgan fingerprint density at radius 1 is 1.31 bits per heavy atom. The molecule has 0 aliphatic carbocycles. The SMILES string of the molecule is CC[C@H](C)NC(=O)c1ccc2c(c1)NC(=O)/C(=C\c1ccccc1F)S2. The number of carbonyl (C=O) groups excluding carboxylic acids is 2. The number of carbonyl (C=O) groups is 2. The summed E-state index contributed by atoms with van der Waals surface area (Å²) in [5.74, 6) is -0.865. The highest BCUT2D eigenvalue weighted by Crippen LogP contribution is 2.39. The monoisotopic (exact) mass is 370 g/mol. The Morgan fingerprint density at radius 2 is 2.08 bits per heavy atom. The quantitative estimate of drug-likeness (QED) is 0.783. The van der Waals surface area contributed by atoms with Gasteiger partial charge in [0.15, 0.2) is 0 Å². The first-order valence-electron chi connectivity index (χ1n) is 8.38. The third kappa shape index (κ3) is 3.96. The molecule has 0 fully saturated rings. The molecule has 26 heavy (non-hydrogen) atoms. The van der Waals surface area contributed by atoms with E-state index in [9.17, 15) is 14.0 Å². The first-order valence-corrected chi connectivity index (χ1v) is 9.20. The Balaban J connectivity index is 1.84. The highest BCUT2D eigenvalue weighted by molar-refractivity contribution is 8.04. The fourth-order valence-corrected chi connectivity index (χ4v) is 3.37. The summed E-state index contributed by atoms with van der Waals surface area (Å²) < 4.78 is 13.8. The number of rotatable bonds is 4. The van der Waals surface area contributed by atoms with Crippen LogP contribution in [0.4, 0.5) is 10.1 Å². The van der Waals surface area contributed by atoms with Crippen molar-refractivity contribution < 1.29 is 14.0 Å². The molecule has 0 saturated carbocycles. The molecular formula is C20H19FN2O2S. The second kappa shape index (κ2) is 7.74. The first kappa shape index (κ1) is 18.2. The van der Waals surface area contributed by atoms with Crippen molar-refractivity contribution in [2.45, 2.75) is 31.2 Å². The summed E-state index contributed by atoms with van der Waals surface area (Å²) in [6.07, 6.45) is 2.37. The molecule has 2 aromatic carbocycles. The number of benzene rings is 2. The number of anilines is 1. The van der Waals surface area contributed by atoms with Gasteiger partial charge in [-0.3, -0.25) is 9.59 Å². The third-order valence-electron chi connectivity index (χ3n) is 4.12. The van der Waals surface area contributed by atoms with Crippen molar-refractivity contribution in [1.29, 1.82) is 0 Å². The van der Waals surface area contributed by atoms with E-state index in [-0.39, 0.29) is 23.7 Å². The van der Waals surface area contributed by atoms with Gasteiger partial charge in [-0.25, -0.2) is 4.39 Å². The minimum atomic E-state index is -0.378. The lowest BCUT2D eigenvalue weighted by Crippen LogP contribution is -2.32. The topological polar surface area (TPSA) is 58.2 Å². The van der Waals surface area contributed by atoms with Crippen LogP contribution in [0.5, 0.6) is 0 Å². The maximum absolute atomic E-state index is 13.8. The summed E-state index contributed by atoms with van der Waals surface area (Å²) in [5, 5.41) is 5.68. The number of fused-ring (bicyclic) bond motifs is 1. The van der Waals surface area contributed by atoms with E-state index in [1.807, 2.05) is 13.8 Å². The Kier molecular flexibility index (Phi) is 5.42. The third-order valence-corrected chi connectivity index (χ3v) is 5.21. The standard InChI is InChI=1S/C20H19FN2O2S/c1-3-12(2)22-19(24)14-8-9-17-16(10-14)23-20(25)18(26-17)11-13-6-4-5-7-15(13)21/h4-12H,3H2,1-2H3,(H,22,24)(H,23,25)/b18-11+/t12-/m0/s1. The van der Waals surface area contributed by atoms with Crippen molar-refractivity contribution in [3.63, 3.8) is 0 Å². The molecule has 0 saturated heterocycles. The van der Waals surface area contributed by atoms with E-state index in [1.54, 1.807) is 36.4 Å². The molecule has 4 nitrogen and oxygen atoms in total. The van der Waals surface area contributed by atoms with Crippen molar-refractivity contribution in [1.82, 2.24) is 5.32 Å². The van der Waals surface area contributed by atoms with Crippen LogP contribution >= 0.6 is 11.8 Å². The first-order chi connectivity index (χ1) is 12.5. The van der Waals surface area contributed by atoms with Gasteiger partial charge in [0.2, 0.25) is 0 Å². The van der Waals surface area contributed by atoms with Crippen LogP contribution in [0.25, 0.3) is 6.08 Å². The highest BCUT2D eigenvalue weighted by atomic mass is 32.2. The van der Waals surface area contributed by atoms with Gasteiger partial charge in [-0.15, -0.1) is 0 Å². The zero-order chi connectivity index (χ0) is 18.7. The van der Waals surface area contributed by atoms with Gasteiger partial charge in [0.05, 0.1) is 10.6 Å². The minimum Gasteiger partial charge on any atom is -0.350 e. The number of hydrogen-bond acceptors (Lipinski definition) is 3. The molecule has 0 aromatic heterocycles. The zero-order valence-corrected chi connectivity index (χ0v) is 15.3. The van der Waals surface area contributed by atoms with E-state index in [0.29, 0.717) is 21.7 Å². The molecule has 1 aliphatic heterocycles. The van der Waals surface area contributed by atoms with E-state index < -0.39 is 0 Å². The molecule has 0 unspecified atom stereocenters. The molecule has 2 aromatic rings. The molecule has 0 bridgehead atoms. The van der Waals surface area contributed by atoms with Gasteiger partial charge in [-0.1, -0.05) is 36.9 Å². The maximum Gasteiger partial charge on any atom is 0.262 e. The predicted molar refractivity (Wildman–Crippen MR) is 103 cm³/mol. The molecule has 1 aliphatic rings. The van der Waals surface area contributed by atoms with Gasteiger partial charge in [0, 0.05) is 22.1 Å². The molecule has 134 valence electrons. The Morgan fingerprint density at radius 3 is 2.81 bits per heavy atom. The number of amides is 2. The number of nitrogens with one attached hydrogen (secondary N) is 2. The van der Waals surface area contributed by atoms with Crippen LogP contribution in [-0.4, -0.2) is 17.9 Å². The van der Waals surface area contributed by atoms with Gasteiger partial charge in [0.1, 0.15) is 5.82 Å². The molecule has 2 N–H and O–H groups in total. The van der Waals surface area contributed by atoms with Crippen molar-refractivity contribution in [2.75, 3.05) is 5.32 Å². The normalized spacial score (nSPS) is 16.0. The molecule has 2 amide bonds. The predicted octanol–water partition coefficient (Wildman–Crippen LogP) is 4.44. The average Bonchev–Trinajstić information content (AvgIpc) is 2.63. The molecular weight excluding hydrogens is 351 g/mol. The number of thioether (sulfide) groups is 1. The molecule has 1 atom stereocenters. The summed E-state index contributed by atoms with van der Waals surface area (Å²) in [6, 6.07) is 11.6. The zero-order valence-electron chi connectivity index (χ0n) is 14.5. The largest absolute Gasteiger partial charge is 0.350 e. The molecule has 0 radical (unpaired) electrons. The summed E-state index contributed by atoms with van der Waals surface area (Å²) >= 11 is 1.26. The maximum atomic E-state index is 13.8. The van der Waals surface area contributed by atoms with Crippen molar-refractivity contribution in [3.8, 4) is 0 Å². The van der Waals surface area contributed by atoms with Crippen LogP contribution in [0.3, 0.4) is 0 Å². The van der Waals surface area contributed by atoms with Crippen molar-refractivity contribution in [2.24, 2.45) is 0 Å². The average molecular weight is 370 g/mol. The fourth-order valence-electron chi connectivity index (χ4n) is 2.44. The van der Waals surface area contributed by atoms with Gasteiger partial charge in [-0.2, -0.15) is 0 Å². The molecule has 3 rings (SSSR count). The fraction of sp³-hybridized carbons (Fsp3) is 0.200. The van der Waals surface area contributed by atoms with Crippen LogP contribution in [0.2, 0.25) is 0 Å². The molecule has 0 spiro atoms. The molecule has 1 heterocycles. The smallest absolute Gasteiger partial charge is 0.262 e. The van der Waals surface area contributed by atoms with E-state index in [1.165, 1.54) is 23.9 Å². The lowest BCUT2D eigenvalue weighted by atomic mass is 10.1. The van der Waals surface area contributed by atoms with Gasteiger partial charge >= 0.3 is 0 Å². The van der Waals surface area contributed by atoms with Crippen LogP contribution in [0, 0.1) is 5.82 Å². The Bertz CT molecular complexity index is 895. The van der Waals surface area contributed by atoms with Crippen molar-refractivity contribution in [3.05, 3.63) is 64.3 Å². The van der Waals surface area contributed by atoms with Crippen LogP contribution in [0.1, 0.15) is 36.2 Å². The second-order valence-corrected chi connectivity index (χ2v) is 7.16. The van der Waals surface area contributed by atoms with E-state index in [0.717, 1.165) is 11.3 Å². The summed E-state index contributed by atoms with van der Waals surface area (Å²) in [7, 11) is 0. The van der Waals surface area contributed by atoms with Gasteiger partial charge in [-0.05, 0) is 43.7 Å². The lowest BCUT2D eigenvalue weighted by molar-refractivity contribution is -0.112. The number of hydrogen-bond donors (Lipinski definition) is 2.